The van der Waals surface area contributed by atoms with Gasteiger partial charge in [-0.25, -0.2) is 10.4 Å². The van der Waals surface area contributed by atoms with Crippen molar-refractivity contribution in [3.63, 3.8) is 0 Å². The quantitative estimate of drug-likeness (QED) is 0.433. The minimum Gasteiger partial charge on any atom is -0.507 e. The van der Waals surface area contributed by atoms with Gasteiger partial charge in [0, 0.05) is 42.8 Å². The molecule has 0 aliphatic heterocycles. The smallest absolute Gasteiger partial charge is 0.246 e. The van der Waals surface area contributed by atoms with Crippen LogP contribution in [0.4, 0.5) is 5.69 Å². The monoisotopic (exact) mass is 443 g/mol. The lowest BCUT2D eigenvalue weighted by Gasteiger charge is -2.21. The summed E-state index contributed by atoms with van der Waals surface area (Å²) in [5.74, 6) is -0.164. The summed E-state index contributed by atoms with van der Waals surface area (Å²) in [5, 5.41) is 14.1. The van der Waals surface area contributed by atoms with Gasteiger partial charge in [-0.1, -0.05) is 0 Å². The lowest BCUT2D eigenvalue weighted by molar-refractivity contribution is -0.120. The summed E-state index contributed by atoms with van der Waals surface area (Å²) in [6, 6.07) is 9.19. The van der Waals surface area contributed by atoms with Gasteiger partial charge in [0.25, 0.3) is 0 Å². The zero-order valence-electron chi connectivity index (χ0n) is 15.8. The highest BCUT2D eigenvalue weighted by atomic mass is 79.9. The third-order valence-electron chi connectivity index (χ3n) is 4.36. The van der Waals surface area contributed by atoms with E-state index in [1.165, 1.54) is 6.21 Å². The minimum atomic E-state index is -0.282. The number of aromatic hydroxyl groups is 1. The SMILES string of the molecule is CCN(CC)c1ccc(/C=N/NC(=O)Cc2cn3cccc(Br)c3n2)c(O)c1. The average molecular weight is 444 g/mol. The first-order valence-electron chi connectivity index (χ1n) is 9.03. The molecule has 1 amide bonds. The molecule has 8 heteroatoms. The Morgan fingerprint density at radius 2 is 2.14 bits per heavy atom. The van der Waals surface area contributed by atoms with Gasteiger partial charge in [0.2, 0.25) is 5.91 Å². The van der Waals surface area contributed by atoms with E-state index in [0.717, 1.165) is 28.9 Å². The van der Waals surface area contributed by atoms with E-state index in [1.54, 1.807) is 18.3 Å². The number of amides is 1. The molecule has 0 saturated heterocycles. The lowest BCUT2D eigenvalue weighted by Crippen LogP contribution is -2.21. The molecular weight excluding hydrogens is 422 g/mol. The van der Waals surface area contributed by atoms with Crippen molar-refractivity contribution in [1.82, 2.24) is 14.8 Å². The number of hydrazone groups is 1. The number of fused-ring (bicyclic) bond motifs is 1. The van der Waals surface area contributed by atoms with Crippen LogP contribution in [0.15, 0.2) is 52.3 Å². The maximum absolute atomic E-state index is 12.1. The van der Waals surface area contributed by atoms with E-state index in [1.807, 2.05) is 28.8 Å². The first-order chi connectivity index (χ1) is 13.5. The first-order valence-corrected chi connectivity index (χ1v) is 9.83. The number of phenols is 1. The van der Waals surface area contributed by atoms with E-state index in [4.69, 9.17) is 0 Å². The Morgan fingerprint density at radius 1 is 1.36 bits per heavy atom. The van der Waals surface area contributed by atoms with Gasteiger partial charge in [0.15, 0.2) is 5.65 Å². The van der Waals surface area contributed by atoms with Gasteiger partial charge in [-0.2, -0.15) is 5.10 Å². The zero-order chi connectivity index (χ0) is 20.1. The molecule has 1 aromatic carbocycles. The highest BCUT2D eigenvalue weighted by molar-refractivity contribution is 9.10. The summed E-state index contributed by atoms with van der Waals surface area (Å²) in [5.41, 5.74) is 5.36. The van der Waals surface area contributed by atoms with E-state index >= 15 is 0 Å². The Hall–Kier alpha value is -2.87. The van der Waals surface area contributed by atoms with Crippen LogP contribution in [0.1, 0.15) is 25.1 Å². The molecule has 2 N–H and O–H groups in total. The van der Waals surface area contributed by atoms with Gasteiger partial charge in [0.05, 0.1) is 22.8 Å². The van der Waals surface area contributed by atoms with Crippen molar-refractivity contribution in [2.45, 2.75) is 20.3 Å². The Labute approximate surface area is 171 Å². The fourth-order valence-corrected chi connectivity index (χ4v) is 3.37. The average Bonchev–Trinajstić information content (AvgIpc) is 3.08. The Morgan fingerprint density at radius 3 is 2.82 bits per heavy atom. The molecule has 0 saturated carbocycles. The van der Waals surface area contributed by atoms with Gasteiger partial charge in [-0.3, -0.25) is 4.79 Å². The highest BCUT2D eigenvalue weighted by Gasteiger charge is 2.09. The summed E-state index contributed by atoms with van der Waals surface area (Å²) >= 11 is 3.44. The van der Waals surface area contributed by atoms with E-state index < -0.39 is 0 Å². The molecule has 3 rings (SSSR count). The number of halogens is 1. The number of aromatic nitrogens is 2. The molecule has 0 atom stereocenters. The molecule has 0 bridgehead atoms. The van der Waals surface area contributed by atoms with Gasteiger partial charge in [-0.05, 0) is 54.0 Å². The third-order valence-corrected chi connectivity index (χ3v) is 4.98. The summed E-state index contributed by atoms with van der Waals surface area (Å²) in [6.45, 7) is 5.85. The van der Waals surface area contributed by atoms with E-state index in [0.29, 0.717) is 11.3 Å². The predicted molar refractivity (Wildman–Crippen MR) is 114 cm³/mol. The minimum absolute atomic E-state index is 0.109. The van der Waals surface area contributed by atoms with Crippen LogP contribution < -0.4 is 10.3 Å². The lowest BCUT2D eigenvalue weighted by atomic mass is 10.2. The zero-order valence-corrected chi connectivity index (χ0v) is 17.3. The van der Waals surface area contributed by atoms with Crippen LogP contribution in [-0.4, -0.2) is 39.7 Å². The molecule has 0 fully saturated rings. The van der Waals surface area contributed by atoms with Crippen molar-refractivity contribution >= 4 is 39.4 Å². The molecule has 7 nitrogen and oxygen atoms in total. The fourth-order valence-electron chi connectivity index (χ4n) is 2.92. The van der Waals surface area contributed by atoms with Crippen molar-refractivity contribution in [3.05, 3.63) is 58.5 Å². The molecule has 2 heterocycles. The summed E-state index contributed by atoms with van der Waals surface area (Å²) in [6.07, 6.45) is 5.22. The van der Waals surface area contributed by atoms with E-state index in [9.17, 15) is 9.90 Å². The van der Waals surface area contributed by atoms with Gasteiger partial charge >= 0.3 is 0 Å². The number of anilines is 1. The second-order valence-corrected chi connectivity index (χ2v) is 7.06. The second kappa shape index (κ2) is 8.88. The van der Waals surface area contributed by atoms with Crippen LogP contribution in [0.3, 0.4) is 0 Å². The number of rotatable bonds is 7. The number of carbonyl (C=O) groups is 1. The Kier molecular flexibility index (Phi) is 6.30. The highest BCUT2D eigenvalue weighted by Crippen LogP contribution is 2.23. The molecular formula is C20H22BrN5O2. The fraction of sp³-hybridized carbons (Fsp3) is 0.250. The number of hydrogen-bond acceptors (Lipinski definition) is 5. The first kappa shape index (κ1) is 19.9. The van der Waals surface area contributed by atoms with Crippen LogP contribution in [0.5, 0.6) is 5.75 Å². The van der Waals surface area contributed by atoms with Gasteiger partial charge < -0.3 is 14.4 Å². The number of nitrogens with one attached hydrogen (secondary N) is 1. The van der Waals surface area contributed by atoms with Crippen molar-refractivity contribution < 1.29 is 9.90 Å². The van der Waals surface area contributed by atoms with Crippen LogP contribution in [0.2, 0.25) is 0 Å². The normalized spacial score (nSPS) is 11.2. The molecule has 0 spiro atoms. The molecule has 0 unspecified atom stereocenters. The number of imidazole rings is 1. The largest absolute Gasteiger partial charge is 0.507 e. The summed E-state index contributed by atoms with van der Waals surface area (Å²) in [7, 11) is 0. The van der Waals surface area contributed by atoms with E-state index in [-0.39, 0.29) is 18.1 Å². The molecule has 28 heavy (non-hydrogen) atoms. The number of pyridine rings is 1. The number of hydrogen-bond donors (Lipinski definition) is 2. The molecule has 0 aliphatic carbocycles. The Bertz CT molecular complexity index is 1010. The van der Waals surface area contributed by atoms with Gasteiger partial charge in [0.1, 0.15) is 5.75 Å². The number of nitrogens with zero attached hydrogens (tertiary/aromatic N) is 4. The van der Waals surface area contributed by atoms with Crippen molar-refractivity contribution in [1.29, 1.82) is 0 Å². The molecule has 146 valence electrons. The standard InChI is InChI=1S/C20H22BrN5O2/c1-3-25(4-2)16-8-7-14(18(27)11-16)12-22-24-19(28)10-15-13-26-9-5-6-17(21)20(26)23-15/h5-9,11-13,27H,3-4,10H2,1-2H3,(H,24,28)/b22-12+. The summed E-state index contributed by atoms with van der Waals surface area (Å²) < 4.78 is 2.72. The number of phenolic OH excluding ortho intramolecular Hbond substituents is 1. The van der Waals surface area contributed by atoms with Gasteiger partial charge in [-0.15, -0.1) is 0 Å². The van der Waals surface area contributed by atoms with Crippen molar-refractivity contribution in [2.75, 3.05) is 18.0 Å². The predicted octanol–water partition coefficient (Wildman–Crippen LogP) is 3.34. The van der Waals surface area contributed by atoms with Crippen molar-refractivity contribution in [3.8, 4) is 5.75 Å². The second-order valence-electron chi connectivity index (χ2n) is 6.20. The van der Waals surface area contributed by atoms with Crippen LogP contribution in [-0.2, 0) is 11.2 Å². The summed E-state index contributed by atoms with van der Waals surface area (Å²) in [4.78, 5) is 18.7. The van der Waals surface area contributed by atoms with Crippen molar-refractivity contribution in [2.24, 2.45) is 5.10 Å². The third kappa shape index (κ3) is 4.51. The molecule has 3 aromatic rings. The molecule has 2 aromatic heterocycles. The topological polar surface area (TPSA) is 82.2 Å². The maximum atomic E-state index is 12.1. The van der Waals surface area contributed by atoms with E-state index in [2.05, 4.69) is 50.2 Å². The molecule has 0 aliphatic rings. The number of carbonyl (C=O) groups excluding carboxylic acids is 1. The van der Waals surface area contributed by atoms with Crippen LogP contribution in [0, 0.1) is 0 Å². The maximum Gasteiger partial charge on any atom is 0.246 e. The Balaban J connectivity index is 1.62. The van der Waals surface area contributed by atoms with Crippen LogP contribution in [0.25, 0.3) is 5.65 Å². The molecule has 0 radical (unpaired) electrons. The van der Waals surface area contributed by atoms with Crippen LogP contribution >= 0.6 is 15.9 Å². The number of benzene rings is 1.